The van der Waals surface area contributed by atoms with Gasteiger partial charge in [-0.3, -0.25) is 4.79 Å². The second-order valence-electron chi connectivity index (χ2n) is 4.38. The highest BCUT2D eigenvalue weighted by Crippen LogP contribution is 2.15. The third kappa shape index (κ3) is 4.18. The van der Waals surface area contributed by atoms with Crippen LogP contribution in [-0.2, 0) is 9.53 Å². The average molecular weight is 285 g/mol. The molecule has 0 unspecified atom stereocenters. The molecule has 6 heteroatoms. The van der Waals surface area contributed by atoms with E-state index in [1.165, 1.54) is 0 Å². The lowest BCUT2D eigenvalue weighted by Gasteiger charge is -2.23. The number of aliphatic hydroxyl groups excluding tert-OH is 1. The molecule has 1 saturated heterocycles. The third-order valence-electron chi connectivity index (χ3n) is 2.94. The van der Waals surface area contributed by atoms with Crippen LogP contribution >= 0.6 is 11.6 Å². The zero-order chi connectivity index (χ0) is 13.7. The number of nitrogens with one attached hydrogen (secondary N) is 2. The Labute approximate surface area is 116 Å². The topological polar surface area (TPSA) is 70.6 Å². The van der Waals surface area contributed by atoms with E-state index in [0.717, 1.165) is 6.54 Å². The number of hydrogen-bond donors (Lipinski definition) is 3. The standard InChI is InChI=1S/C13H17ClN2O3/c14-10-3-1-9(2-4-10)11(17)7-16-13(18)12-8-15-5-6-19-12/h1-4,11-12,15,17H,5-8H2,(H,16,18)/t11-,12+/m1/s1. The Morgan fingerprint density at radius 1 is 1.53 bits per heavy atom. The van der Waals surface area contributed by atoms with Gasteiger partial charge in [0.2, 0.25) is 0 Å². The molecule has 2 rings (SSSR count). The normalized spacial score (nSPS) is 20.8. The van der Waals surface area contributed by atoms with Crippen LogP contribution in [0.2, 0.25) is 5.02 Å². The van der Waals surface area contributed by atoms with E-state index in [4.69, 9.17) is 16.3 Å². The fraction of sp³-hybridized carbons (Fsp3) is 0.462. The summed E-state index contributed by atoms with van der Waals surface area (Å²) in [5.41, 5.74) is 0.715. The molecule has 1 aromatic carbocycles. The second kappa shape index (κ2) is 6.86. The fourth-order valence-electron chi connectivity index (χ4n) is 1.85. The van der Waals surface area contributed by atoms with Crippen molar-refractivity contribution in [3.8, 4) is 0 Å². The number of morpholine rings is 1. The monoisotopic (exact) mass is 284 g/mol. The lowest BCUT2D eigenvalue weighted by atomic mass is 10.1. The van der Waals surface area contributed by atoms with Crippen LogP contribution in [0.3, 0.4) is 0 Å². The van der Waals surface area contributed by atoms with Crippen LogP contribution in [0.15, 0.2) is 24.3 Å². The first-order chi connectivity index (χ1) is 9.16. The zero-order valence-corrected chi connectivity index (χ0v) is 11.2. The van der Waals surface area contributed by atoms with Gasteiger partial charge in [-0.15, -0.1) is 0 Å². The minimum Gasteiger partial charge on any atom is -0.387 e. The van der Waals surface area contributed by atoms with Gasteiger partial charge < -0.3 is 20.5 Å². The zero-order valence-electron chi connectivity index (χ0n) is 10.4. The van der Waals surface area contributed by atoms with Gasteiger partial charge in [0.15, 0.2) is 0 Å². The average Bonchev–Trinajstić information content (AvgIpc) is 2.46. The van der Waals surface area contributed by atoms with Gasteiger partial charge in [-0.05, 0) is 17.7 Å². The van der Waals surface area contributed by atoms with Crippen LogP contribution in [0.4, 0.5) is 0 Å². The van der Waals surface area contributed by atoms with Crippen molar-refractivity contribution in [2.75, 3.05) is 26.2 Å². The molecular formula is C13H17ClN2O3. The summed E-state index contributed by atoms with van der Waals surface area (Å²) in [6.45, 7) is 1.94. The van der Waals surface area contributed by atoms with E-state index in [1.54, 1.807) is 24.3 Å². The van der Waals surface area contributed by atoms with Crippen molar-refractivity contribution in [1.82, 2.24) is 10.6 Å². The number of benzene rings is 1. The van der Waals surface area contributed by atoms with Gasteiger partial charge in [-0.2, -0.15) is 0 Å². The molecular weight excluding hydrogens is 268 g/mol. The Bertz CT molecular complexity index is 418. The summed E-state index contributed by atoms with van der Waals surface area (Å²) in [6.07, 6.45) is -1.23. The van der Waals surface area contributed by atoms with E-state index >= 15 is 0 Å². The molecule has 0 bridgehead atoms. The number of rotatable bonds is 4. The van der Waals surface area contributed by atoms with Crippen LogP contribution in [0, 0.1) is 0 Å². The van der Waals surface area contributed by atoms with Crippen molar-refractivity contribution in [1.29, 1.82) is 0 Å². The molecule has 5 nitrogen and oxygen atoms in total. The molecule has 1 aliphatic rings. The molecule has 0 spiro atoms. The number of ether oxygens (including phenoxy) is 1. The first kappa shape index (κ1) is 14.3. The molecule has 1 heterocycles. The Morgan fingerprint density at radius 3 is 2.89 bits per heavy atom. The molecule has 1 aromatic rings. The lowest BCUT2D eigenvalue weighted by molar-refractivity contribution is -0.134. The first-order valence-corrected chi connectivity index (χ1v) is 6.58. The van der Waals surface area contributed by atoms with Gasteiger partial charge in [0.25, 0.3) is 5.91 Å². The van der Waals surface area contributed by atoms with Gasteiger partial charge in [-0.1, -0.05) is 23.7 Å². The number of hydrogen-bond acceptors (Lipinski definition) is 4. The molecule has 0 saturated carbocycles. The highest BCUT2D eigenvalue weighted by atomic mass is 35.5. The van der Waals surface area contributed by atoms with E-state index < -0.39 is 12.2 Å². The summed E-state index contributed by atoms with van der Waals surface area (Å²) in [5, 5.41) is 16.3. The SMILES string of the molecule is O=C(NC[C@@H](O)c1ccc(Cl)cc1)[C@@H]1CNCCO1. The smallest absolute Gasteiger partial charge is 0.250 e. The molecule has 1 aliphatic heterocycles. The van der Waals surface area contributed by atoms with Crippen molar-refractivity contribution in [2.45, 2.75) is 12.2 Å². The van der Waals surface area contributed by atoms with Crippen LogP contribution in [0.5, 0.6) is 0 Å². The van der Waals surface area contributed by atoms with Crippen LogP contribution in [-0.4, -0.2) is 43.4 Å². The minimum absolute atomic E-state index is 0.153. The Kier molecular flexibility index (Phi) is 5.15. The predicted octanol–water partition coefficient (Wildman–Crippen LogP) is 0.478. The molecule has 0 aliphatic carbocycles. The highest BCUT2D eigenvalue weighted by molar-refractivity contribution is 6.30. The van der Waals surface area contributed by atoms with Crippen LogP contribution in [0.25, 0.3) is 0 Å². The maximum Gasteiger partial charge on any atom is 0.250 e. The highest BCUT2D eigenvalue weighted by Gasteiger charge is 2.22. The number of aliphatic hydroxyl groups is 1. The first-order valence-electron chi connectivity index (χ1n) is 6.20. The van der Waals surface area contributed by atoms with E-state index in [0.29, 0.717) is 23.7 Å². The maximum atomic E-state index is 11.8. The molecule has 1 fully saturated rings. The predicted molar refractivity (Wildman–Crippen MR) is 72.0 cm³/mol. The molecule has 0 radical (unpaired) electrons. The fourth-order valence-corrected chi connectivity index (χ4v) is 1.97. The minimum atomic E-state index is -0.752. The van der Waals surface area contributed by atoms with E-state index in [9.17, 15) is 9.90 Å². The molecule has 2 atom stereocenters. The van der Waals surface area contributed by atoms with Gasteiger partial charge >= 0.3 is 0 Å². The molecule has 104 valence electrons. The number of halogens is 1. The maximum absolute atomic E-state index is 11.8. The van der Waals surface area contributed by atoms with Crippen LogP contribution < -0.4 is 10.6 Å². The number of carbonyl (C=O) groups is 1. The molecule has 19 heavy (non-hydrogen) atoms. The third-order valence-corrected chi connectivity index (χ3v) is 3.20. The van der Waals surface area contributed by atoms with Gasteiger partial charge in [0, 0.05) is 24.7 Å². The van der Waals surface area contributed by atoms with E-state index in [2.05, 4.69) is 10.6 Å². The van der Waals surface area contributed by atoms with Gasteiger partial charge in [-0.25, -0.2) is 0 Å². The van der Waals surface area contributed by atoms with Crippen LogP contribution in [0.1, 0.15) is 11.7 Å². The summed E-state index contributed by atoms with van der Waals surface area (Å²) < 4.78 is 5.32. The molecule has 3 N–H and O–H groups in total. The van der Waals surface area contributed by atoms with E-state index in [-0.39, 0.29) is 12.5 Å². The number of amides is 1. The Morgan fingerprint density at radius 2 is 2.26 bits per heavy atom. The Balaban J connectivity index is 1.80. The molecule has 1 amide bonds. The van der Waals surface area contributed by atoms with Crippen molar-refractivity contribution >= 4 is 17.5 Å². The van der Waals surface area contributed by atoms with Gasteiger partial charge in [0.05, 0.1) is 12.7 Å². The summed E-state index contributed by atoms with van der Waals surface area (Å²) >= 11 is 5.77. The Hall–Kier alpha value is -1.14. The molecule has 0 aromatic heterocycles. The van der Waals surface area contributed by atoms with Gasteiger partial charge in [0.1, 0.15) is 6.10 Å². The summed E-state index contributed by atoms with van der Waals surface area (Å²) in [5.74, 6) is -0.208. The summed E-state index contributed by atoms with van der Waals surface area (Å²) in [4.78, 5) is 11.8. The van der Waals surface area contributed by atoms with E-state index in [1.807, 2.05) is 0 Å². The van der Waals surface area contributed by atoms with Crippen molar-refractivity contribution < 1.29 is 14.6 Å². The summed E-state index contributed by atoms with van der Waals surface area (Å²) in [7, 11) is 0. The van der Waals surface area contributed by atoms with Crippen molar-refractivity contribution in [3.63, 3.8) is 0 Å². The second-order valence-corrected chi connectivity index (χ2v) is 4.81. The van der Waals surface area contributed by atoms with Crippen molar-refractivity contribution in [3.05, 3.63) is 34.9 Å². The largest absolute Gasteiger partial charge is 0.387 e. The quantitative estimate of drug-likeness (QED) is 0.752. The lowest BCUT2D eigenvalue weighted by Crippen LogP contribution is -2.48. The summed E-state index contributed by atoms with van der Waals surface area (Å²) in [6, 6.07) is 6.88. The number of carbonyl (C=O) groups excluding carboxylic acids is 1. The van der Waals surface area contributed by atoms with Crippen molar-refractivity contribution in [2.24, 2.45) is 0 Å².